The molecule has 1 heterocycles. The average Bonchev–Trinajstić information content (AvgIpc) is 3.65. The molecule has 0 saturated heterocycles. The lowest BCUT2D eigenvalue weighted by atomic mass is 9.91. The van der Waals surface area contributed by atoms with Gasteiger partial charge in [0.2, 0.25) is 0 Å². The first-order valence-corrected chi connectivity index (χ1v) is 19.1. The van der Waals surface area contributed by atoms with Gasteiger partial charge in [-0.15, -0.1) is 0 Å². The number of benzene rings is 9. The molecular formula is C54H37NO. The molecule has 10 aromatic rings. The van der Waals surface area contributed by atoms with Crippen molar-refractivity contribution in [2.75, 3.05) is 4.90 Å². The van der Waals surface area contributed by atoms with E-state index in [0.717, 1.165) is 55.7 Å². The molecule has 0 aliphatic carbocycles. The number of para-hydroxylation sites is 1. The lowest BCUT2D eigenvalue weighted by Gasteiger charge is -2.26. The number of furan rings is 1. The molecule has 56 heavy (non-hydrogen) atoms. The van der Waals surface area contributed by atoms with Gasteiger partial charge in [0.05, 0.1) is 0 Å². The highest BCUT2D eigenvalue weighted by molar-refractivity contribution is 6.09. The van der Waals surface area contributed by atoms with Crippen molar-refractivity contribution in [1.29, 1.82) is 0 Å². The Morgan fingerprint density at radius 3 is 1.05 bits per heavy atom. The Kier molecular flexibility index (Phi) is 8.55. The maximum Gasteiger partial charge on any atom is 0.136 e. The molecule has 0 fully saturated rings. The van der Waals surface area contributed by atoms with Crippen molar-refractivity contribution in [3.8, 4) is 55.6 Å². The third-order valence-corrected chi connectivity index (χ3v) is 10.7. The largest absolute Gasteiger partial charge is 0.456 e. The minimum absolute atomic E-state index is 0.883. The second-order valence-electron chi connectivity index (χ2n) is 14.1. The zero-order chi connectivity index (χ0) is 37.3. The van der Waals surface area contributed by atoms with Gasteiger partial charge >= 0.3 is 0 Å². The van der Waals surface area contributed by atoms with E-state index >= 15 is 0 Å². The molecule has 0 aliphatic heterocycles. The molecule has 264 valence electrons. The zero-order valence-electron chi connectivity index (χ0n) is 30.7. The average molecular weight is 716 g/mol. The van der Waals surface area contributed by atoms with E-state index in [-0.39, 0.29) is 0 Å². The summed E-state index contributed by atoms with van der Waals surface area (Å²) < 4.78 is 6.43. The Morgan fingerprint density at radius 1 is 0.250 bits per heavy atom. The van der Waals surface area contributed by atoms with Crippen LogP contribution >= 0.6 is 0 Å². The van der Waals surface area contributed by atoms with Gasteiger partial charge in [-0.1, -0.05) is 170 Å². The van der Waals surface area contributed by atoms with Gasteiger partial charge in [0.15, 0.2) is 0 Å². The van der Waals surface area contributed by atoms with E-state index in [4.69, 9.17) is 4.42 Å². The summed E-state index contributed by atoms with van der Waals surface area (Å²) in [5.41, 5.74) is 16.8. The van der Waals surface area contributed by atoms with Crippen LogP contribution in [0.1, 0.15) is 0 Å². The van der Waals surface area contributed by atoms with Crippen LogP contribution in [-0.2, 0) is 0 Å². The molecule has 9 aromatic carbocycles. The van der Waals surface area contributed by atoms with Crippen LogP contribution in [0.5, 0.6) is 0 Å². The van der Waals surface area contributed by atoms with Crippen molar-refractivity contribution in [3.63, 3.8) is 0 Å². The summed E-state index contributed by atoms with van der Waals surface area (Å²) in [5, 5.41) is 2.24. The molecule has 0 radical (unpaired) electrons. The fraction of sp³-hybridized carbons (Fsp3) is 0. The molecule has 10 rings (SSSR count). The third kappa shape index (κ3) is 6.34. The molecule has 0 bridgehead atoms. The Balaban J connectivity index is 1.07. The second kappa shape index (κ2) is 14.4. The van der Waals surface area contributed by atoms with Gasteiger partial charge in [0, 0.05) is 27.8 Å². The van der Waals surface area contributed by atoms with E-state index in [0.29, 0.717) is 0 Å². The summed E-state index contributed by atoms with van der Waals surface area (Å²) in [6.07, 6.45) is 0. The van der Waals surface area contributed by atoms with Gasteiger partial charge in [-0.3, -0.25) is 0 Å². The molecule has 0 amide bonds. The van der Waals surface area contributed by atoms with Gasteiger partial charge in [0.1, 0.15) is 11.2 Å². The lowest BCUT2D eigenvalue weighted by molar-refractivity contribution is 0.669. The molecule has 2 nitrogen and oxygen atoms in total. The van der Waals surface area contributed by atoms with Crippen molar-refractivity contribution in [1.82, 2.24) is 0 Å². The first kappa shape index (κ1) is 33.2. The fourth-order valence-corrected chi connectivity index (χ4v) is 7.83. The summed E-state index contributed by atoms with van der Waals surface area (Å²) in [6, 6.07) is 80.0. The zero-order valence-corrected chi connectivity index (χ0v) is 30.7. The predicted octanol–water partition coefficient (Wildman–Crippen LogP) is 15.4. The summed E-state index contributed by atoms with van der Waals surface area (Å²) >= 11 is 0. The van der Waals surface area contributed by atoms with Crippen molar-refractivity contribution >= 4 is 39.0 Å². The summed E-state index contributed by atoms with van der Waals surface area (Å²) in [7, 11) is 0. The molecular weight excluding hydrogens is 679 g/mol. The van der Waals surface area contributed by atoms with Crippen molar-refractivity contribution < 1.29 is 4.42 Å². The minimum atomic E-state index is 0.883. The number of hydrogen-bond acceptors (Lipinski definition) is 2. The molecule has 0 spiro atoms. The van der Waals surface area contributed by atoms with Gasteiger partial charge < -0.3 is 9.32 Å². The van der Waals surface area contributed by atoms with Crippen molar-refractivity contribution in [2.45, 2.75) is 0 Å². The molecule has 2 heteroatoms. The summed E-state index contributed by atoms with van der Waals surface area (Å²) in [4.78, 5) is 2.33. The first-order chi connectivity index (χ1) is 27.7. The Bertz CT molecular complexity index is 2810. The third-order valence-electron chi connectivity index (χ3n) is 10.7. The minimum Gasteiger partial charge on any atom is -0.456 e. The predicted molar refractivity (Wildman–Crippen MR) is 236 cm³/mol. The SMILES string of the molecule is c1ccc(-c2ccc(-c3cc4c(cc3-c3ccc(N(c5ccc(-c6ccccc6)cc5)c5ccc(-c6ccccc6)cc5)cc3)oc3ccccc34)cc2)cc1. The number of anilines is 3. The molecule has 0 aliphatic rings. The topological polar surface area (TPSA) is 16.4 Å². The van der Waals surface area contributed by atoms with Crippen LogP contribution in [0.2, 0.25) is 0 Å². The Hall–Kier alpha value is -7.42. The fourth-order valence-electron chi connectivity index (χ4n) is 7.83. The molecule has 1 aromatic heterocycles. The van der Waals surface area contributed by atoms with Gasteiger partial charge in [-0.25, -0.2) is 0 Å². The van der Waals surface area contributed by atoms with E-state index in [2.05, 4.69) is 217 Å². The molecule has 0 atom stereocenters. The van der Waals surface area contributed by atoms with E-state index in [1.54, 1.807) is 0 Å². The molecule has 0 saturated carbocycles. The van der Waals surface area contributed by atoms with Crippen LogP contribution in [-0.4, -0.2) is 0 Å². The lowest BCUT2D eigenvalue weighted by Crippen LogP contribution is -2.09. The van der Waals surface area contributed by atoms with Crippen molar-refractivity contribution in [3.05, 3.63) is 224 Å². The smallest absolute Gasteiger partial charge is 0.136 e. The van der Waals surface area contributed by atoms with Gasteiger partial charge in [0.25, 0.3) is 0 Å². The van der Waals surface area contributed by atoms with E-state index < -0.39 is 0 Å². The highest BCUT2D eigenvalue weighted by Crippen LogP contribution is 2.42. The maximum atomic E-state index is 6.43. The monoisotopic (exact) mass is 715 g/mol. The van der Waals surface area contributed by atoms with Crippen LogP contribution in [0, 0.1) is 0 Å². The first-order valence-electron chi connectivity index (χ1n) is 19.1. The highest BCUT2D eigenvalue weighted by atomic mass is 16.3. The van der Waals surface area contributed by atoms with Crippen LogP contribution in [0.15, 0.2) is 229 Å². The summed E-state index contributed by atoms with van der Waals surface area (Å²) in [6.45, 7) is 0. The van der Waals surface area contributed by atoms with Crippen molar-refractivity contribution in [2.24, 2.45) is 0 Å². The quantitative estimate of drug-likeness (QED) is 0.156. The number of fused-ring (bicyclic) bond motifs is 3. The van der Waals surface area contributed by atoms with Crippen LogP contribution in [0.25, 0.3) is 77.6 Å². The van der Waals surface area contributed by atoms with E-state index in [1.165, 1.54) is 38.9 Å². The standard InChI is InChI=1S/C54H37NO/c1-4-12-38(13-5-1)41-20-22-44(23-21-41)50-36-52-49-18-10-11-19-53(49)56-54(52)37-51(50)45-28-34-48(35-29-45)55(46-30-24-42(25-31-46)39-14-6-2-7-15-39)47-32-26-43(27-33-47)40-16-8-3-9-17-40/h1-37H. The van der Waals surface area contributed by atoms with Crippen LogP contribution < -0.4 is 4.90 Å². The van der Waals surface area contributed by atoms with Crippen LogP contribution in [0.3, 0.4) is 0 Å². The summed E-state index contributed by atoms with van der Waals surface area (Å²) in [5.74, 6) is 0. The van der Waals surface area contributed by atoms with Gasteiger partial charge in [-0.2, -0.15) is 0 Å². The van der Waals surface area contributed by atoms with E-state index in [1.807, 2.05) is 12.1 Å². The number of rotatable bonds is 8. The van der Waals surface area contributed by atoms with Crippen LogP contribution in [0.4, 0.5) is 17.1 Å². The van der Waals surface area contributed by atoms with Gasteiger partial charge in [-0.05, 0) is 110 Å². The number of nitrogens with zero attached hydrogens (tertiary/aromatic N) is 1. The Morgan fingerprint density at radius 2 is 0.589 bits per heavy atom. The maximum absolute atomic E-state index is 6.43. The number of hydrogen-bond donors (Lipinski definition) is 0. The Labute approximate surface area is 327 Å². The molecule has 0 N–H and O–H groups in total. The highest BCUT2D eigenvalue weighted by Gasteiger charge is 2.17. The normalized spacial score (nSPS) is 11.2. The molecule has 0 unspecified atom stereocenters. The second-order valence-corrected chi connectivity index (χ2v) is 14.1. The van der Waals surface area contributed by atoms with E-state index in [9.17, 15) is 0 Å².